The summed E-state index contributed by atoms with van der Waals surface area (Å²) in [5, 5.41) is 11.9. The third-order valence-electron chi connectivity index (χ3n) is 3.21. The number of aliphatic hydroxyl groups excluding tert-OH is 1. The van der Waals surface area contributed by atoms with Crippen LogP contribution in [0.15, 0.2) is 54.6 Å². The van der Waals surface area contributed by atoms with Crippen molar-refractivity contribution in [3.63, 3.8) is 0 Å². The minimum absolute atomic E-state index is 0.111. The molecule has 0 atom stereocenters. The highest BCUT2D eigenvalue weighted by atomic mass is 19.1. The Morgan fingerprint density at radius 2 is 1.82 bits per heavy atom. The number of nitrogens with zero attached hydrogens (tertiary/aromatic N) is 1. The van der Waals surface area contributed by atoms with E-state index in [1.54, 1.807) is 12.1 Å². The second-order valence-electron chi connectivity index (χ2n) is 4.92. The number of carbonyl (C=O) groups excluding carboxylic acids is 1. The fourth-order valence-electron chi connectivity index (χ4n) is 2.11. The monoisotopic (exact) mass is 302 g/mol. The molecule has 2 aromatic carbocycles. The lowest BCUT2D eigenvalue weighted by atomic mass is 10.2. The zero-order valence-corrected chi connectivity index (χ0v) is 12.2. The van der Waals surface area contributed by atoms with Crippen molar-refractivity contribution in [2.24, 2.45) is 0 Å². The van der Waals surface area contributed by atoms with E-state index < -0.39 is 0 Å². The molecule has 5 heteroatoms. The van der Waals surface area contributed by atoms with E-state index >= 15 is 0 Å². The summed E-state index contributed by atoms with van der Waals surface area (Å²) in [4.78, 5) is 13.7. The van der Waals surface area contributed by atoms with E-state index in [1.807, 2.05) is 30.3 Å². The third-order valence-corrected chi connectivity index (χ3v) is 3.21. The van der Waals surface area contributed by atoms with Gasteiger partial charge in [0.15, 0.2) is 0 Å². The summed E-state index contributed by atoms with van der Waals surface area (Å²) in [5.41, 5.74) is 1.67. The van der Waals surface area contributed by atoms with Crippen LogP contribution in [0.25, 0.3) is 0 Å². The Morgan fingerprint density at radius 1 is 1.09 bits per heavy atom. The normalized spacial score (nSPS) is 10.3. The molecule has 0 aliphatic heterocycles. The lowest BCUT2D eigenvalue weighted by Gasteiger charge is -2.22. The fraction of sp³-hybridized carbons (Fsp3) is 0.235. The molecule has 0 heterocycles. The Balaban J connectivity index is 1.94. The lowest BCUT2D eigenvalue weighted by molar-refractivity contribution is 0.173. The van der Waals surface area contributed by atoms with Crippen molar-refractivity contribution < 1.29 is 14.3 Å². The predicted octanol–water partition coefficient (Wildman–Crippen LogP) is 2.53. The topological polar surface area (TPSA) is 52.6 Å². The van der Waals surface area contributed by atoms with Gasteiger partial charge in [-0.15, -0.1) is 0 Å². The van der Waals surface area contributed by atoms with Gasteiger partial charge in [-0.05, 0) is 23.3 Å². The van der Waals surface area contributed by atoms with E-state index in [9.17, 15) is 9.18 Å². The number of hydrogen-bond donors (Lipinski definition) is 2. The number of hydrogen-bond acceptors (Lipinski definition) is 2. The molecule has 2 rings (SSSR count). The molecule has 2 aromatic rings. The zero-order valence-electron chi connectivity index (χ0n) is 12.2. The van der Waals surface area contributed by atoms with Crippen LogP contribution in [0.2, 0.25) is 0 Å². The summed E-state index contributed by atoms with van der Waals surface area (Å²) in [5.74, 6) is -0.330. The summed E-state index contributed by atoms with van der Waals surface area (Å²) in [6.45, 7) is 0.786. The van der Waals surface area contributed by atoms with Crippen LogP contribution in [0, 0.1) is 5.82 Å². The minimum atomic E-state index is -0.330. The predicted molar refractivity (Wildman–Crippen MR) is 82.6 cm³/mol. The second-order valence-corrected chi connectivity index (χ2v) is 4.92. The molecule has 2 N–H and O–H groups in total. The molecule has 0 bridgehead atoms. The Kier molecular flexibility index (Phi) is 5.91. The number of halogens is 1. The van der Waals surface area contributed by atoms with Crippen molar-refractivity contribution in [2.45, 2.75) is 13.1 Å². The Morgan fingerprint density at radius 3 is 2.50 bits per heavy atom. The molecule has 0 fully saturated rings. The van der Waals surface area contributed by atoms with Crippen LogP contribution in [-0.2, 0) is 13.1 Å². The summed E-state index contributed by atoms with van der Waals surface area (Å²) >= 11 is 0. The molecule has 4 nitrogen and oxygen atoms in total. The van der Waals surface area contributed by atoms with Crippen LogP contribution in [0.1, 0.15) is 11.1 Å². The summed E-state index contributed by atoms with van der Waals surface area (Å²) in [6, 6.07) is 15.4. The smallest absolute Gasteiger partial charge is 0.318 e. The first kappa shape index (κ1) is 16.0. The molecular weight excluding hydrogens is 283 g/mol. The first-order valence-corrected chi connectivity index (χ1v) is 7.11. The van der Waals surface area contributed by atoms with Gasteiger partial charge in [0.05, 0.1) is 6.61 Å². The molecule has 0 spiro atoms. The zero-order chi connectivity index (χ0) is 15.8. The molecule has 0 aliphatic carbocycles. The minimum Gasteiger partial charge on any atom is -0.395 e. The van der Waals surface area contributed by atoms with Gasteiger partial charge in [-0.3, -0.25) is 0 Å². The molecule has 22 heavy (non-hydrogen) atoms. The van der Waals surface area contributed by atoms with Gasteiger partial charge < -0.3 is 15.3 Å². The molecule has 0 aliphatic rings. The molecular formula is C17H19FN2O2. The quantitative estimate of drug-likeness (QED) is 0.861. The average Bonchev–Trinajstić information content (AvgIpc) is 2.53. The number of urea groups is 1. The van der Waals surface area contributed by atoms with E-state index in [2.05, 4.69) is 5.32 Å². The van der Waals surface area contributed by atoms with Gasteiger partial charge in [0.25, 0.3) is 0 Å². The SMILES string of the molecule is O=C(NCc1cccc(F)c1)N(CCO)Cc1ccccc1. The van der Waals surface area contributed by atoms with Crippen LogP contribution in [0.5, 0.6) is 0 Å². The highest BCUT2D eigenvalue weighted by molar-refractivity contribution is 5.74. The van der Waals surface area contributed by atoms with E-state index in [0.717, 1.165) is 5.56 Å². The van der Waals surface area contributed by atoms with Crippen molar-refractivity contribution in [3.05, 3.63) is 71.5 Å². The van der Waals surface area contributed by atoms with E-state index in [0.29, 0.717) is 12.1 Å². The molecule has 0 radical (unpaired) electrons. The van der Waals surface area contributed by atoms with Gasteiger partial charge in [0.1, 0.15) is 5.82 Å². The van der Waals surface area contributed by atoms with Crippen LogP contribution in [-0.4, -0.2) is 29.2 Å². The molecule has 0 saturated heterocycles. The van der Waals surface area contributed by atoms with E-state index in [-0.39, 0.29) is 31.5 Å². The van der Waals surface area contributed by atoms with Crippen LogP contribution in [0.3, 0.4) is 0 Å². The molecule has 0 saturated carbocycles. The highest BCUT2D eigenvalue weighted by Crippen LogP contribution is 2.06. The van der Waals surface area contributed by atoms with Crippen LogP contribution >= 0.6 is 0 Å². The van der Waals surface area contributed by atoms with Crippen LogP contribution < -0.4 is 5.32 Å². The van der Waals surface area contributed by atoms with E-state index in [4.69, 9.17) is 5.11 Å². The van der Waals surface area contributed by atoms with Gasteiger partial charge in [0, 0.05) is 19.6 Å². The summed E-state index contributed by atoms with van der Waals surface area (Å²) in [6.07, 6.45) is 0. The van der Waals surface area contributed by atoms with Crippen molar-refractivity contribution in [1.82, 2.24) is 10.2 Å². The Hall–Kier alpha value is -2.40. The number of nitrogens with one attached hydrogen (secondary N) is 1. The number of rotatable bonds is 6. The summed E-state index contributed by atoms with van der Waals surface area (Å²) in [7, 11) is 0. The third kappa shape index (κ3) is 4.86. The maximum atomic E-state index is 13.1. The molecule has 0 unspecified atom stereocenters. The number of aliphatic hydroxyl groups is 1. The maximum Gasteiger partial charge on any atom is 0.318 e. The first-order chi connectivity index (χ1) is 10.7. The molecule has 116 valence electrons. The van der Waals surface area contributed by atoms with Gasteiger partial charge >= 0.3 is 6.03 Å². The van der Waals surface area contributed by atoms with Gasteiger partial charge in [0.2, 0.25) is 0 Å². The number of benzene rings is 2. The van der Waals surface area contributed by atoms with E-state index in [1.165, 1.54) is 17.0 Å². The second kappa shape index (κ2) is 8.14. The summed E-state index contributed by atoms with van der Waals surface area (Å²) < 4.78 is 13.1. The largest absolute Gasteiger partial charge is 0.395 e. The average molecular weight is 302 g/mol. The standard InChI is InChI=1S/C17H19FN2O2/c18-16-8-4-7-15(11-16)12-19-17(22)20(9-10-21)13-14-5-2-1-3-6-14/h1-8,11,21H,9-10,12-13H2,(H,19,22). The number of amides is 2. The van der Waals surface area contributed by atoms with Crippen molar-refractivity contribution in [2.75, 3.05) is 13.2 Å². The van der Waals surface area contributed by atoms with Crippen LogP contribution in [0.4, 0.5) is 9.18 Å². The fourth-order valence-corrected chi connectivity index (χ4v) is 2.11. The van der Waals surface area contributed by atoms with Gasteiger partial charge in [-0.1, -0.05) is 42.5 Å². The first-order valence-electron chi connectivity index (χ1n) is 7.11. The lowest BCUT2D eigenvalue weighted by Crippen LogP contribution is -2.40. The maximum absolute atomic E-state index is 13.1. The van der Waals surface area contributed by atoms with Crippen molar-refractivity contribution in [1.29, 1.82) is 0 Å². The van der Waals surface area contributed by atoms with Gasteiger partial charge in [-0.2, -0.15) is 0 Å². The Bertz CT molecular complexity index is 605. The van der Waals surface area contributed by atoms with Gasteiger partial charge in [-0.25, -0.2) is 9.18 Å². The number of carbonyl (C=O) groups is 1. The Labute approximate surface area is 129 Å². The van der Waals surface area contributed by atoms with Crippen molar-refractivity contribution in [3.8, 4) is 0 Å². The molecule has 0 aromatic heterocycles. The molecule has 2 amide bonds. The van der Waals surface area contributed by atoms with Crippen molar-refractivity contribution >= 4 is 6.03 Å². The highest BCUT2D eigenvalue weighted by Gasteiger charge is 2.13.